The molecule has 0 amide bonds. The van der Waals surface area contributed by atoms with Gasteiger partial charge < -0.3 is 10.6 Å². The summed E-state index contributed by atoms with van der Waals surface area (Å²) in [6, 6.07) is 0.584. The van der Waals surface area contributed by atoms with E-state index in [0.29, 0.717) is 6.04 Å². The standard InChI is InChI=1S/C7H11N3S/c1-2-8-5-6(1)10-7-9-3-4-11-7/h3-4,6,8H,1-2,5H2,(H,9,10)/t6-/m0/s1. The molecule has 60 valence electrons. The third-order valence-corrected chi connectivity index (χ3v) is 2.52. The van der Waals surface area contributed by atoms with Gasteiger partial charge in [0.05, 0.1) is 0 Å². The van der Waals surface area contributed by atoms with Crippen LogP contribution in [0.25, 0.3) is 0 Å². The first-order valence-electron chi connectivity index (χ1n) is 3.82. The Labute approximate surface area is 69.8 Å². The van der Waals surface area contributed by atoms with Crippen molar-refractivity contribution >= 4 is 16.5 Å². The van der Waals surface area contributed by atoms with Crippen molar-refractivity contribution in [1.29, 1.82) is 0 Å². The molecular weight excluding hydrogens is 158 g/mol. The lowest BCUT2D eigenvalue weighted by Crippen LogP contribution is -2.21. The molecule has 0 unspecified atom stereocenters. The average Bonchev–Trinajstić information content (AvgIpc) is 2.60. The first-order valence-corrected chi connectivity index (χ1v) is 4.70. The summed E-state index contributed by atoms with van der Waals surface area (Å²) in [5.41, 5.74) is 0. The van der Waals surface area contributed by atoms with E-state index in [-0.39, 0.29) is 0 Å². The van der Waals surface area contributed by atoms with Crippen molar-refractivity contribution in [3.63, 3.8) is 0 Å². The number of anilines is 1. The van der Waals surface area contributed by atoms with Crippen molar-refractivity contribution in [1.82, 2.24) is 10.3 Å². The monoisotopic (exact) mass is 169 g/mol. The van der Waals surface area contributed by atoms with Crippen LogP contribution < -0.4 is 10.6 Å². The highest BCUT2D eigenvalue weighted by Crippen LogP contribution is 2.13. The molecule has 1 fully saturated rings. The summed E-state index contributed by atoms with van der Waals surface area (Å²) in [6.07, 6.45) is 3.04. The van der Waals surface area contributed by atoms with E-state index in [1.54, 1.807) is 11.3 Å². The molecule has 1 atom stereocenters. The van der Waals surface area contributed by atoms with E-state index in [2.05, 4.69) is 15.6 Å². The normalized spacial score (nSPS) is 23.8. The molecule has 0 aromatic carbocycles. The van der Waals surface area contributed by atoms with Crippen LogP contribution in [-0.2, 0) is 0 Å². The minimum atomic E-state index is 0.584. The van der Waals surface area contributed by atoms with Gasteiger partial charge in [0.25, 0.3) is 0 Å². The quantitative estimate of drug-likeness (QED) is 0.691. The number of aromatic nitrogens is 1. The van der Waals surface area contributed by atoms with Crippen LogP contribution in [0.3, 0.4) is 0 Å². The second kappa shape index (κ2) is 3.19. The summed E-state index contributed by atoms with van der Waals surface area (Å²) < 4.78 is 0. The lowest BCUT2D eigenvalue weighted by atomic mass is 10.3. The molecule has 1 aliphatic heterocycles. The van der Waals surface area contributed by atoms with Gasteiger partial charge in [0.1, 0.15) is 0 Å². The smallest absolute Gasteiger partial charge is 0.182 e. The van der Waals surface area contributed by atoms with Gasteiger partial charge in [-0.15, -0.1) is 11.3 Å². The molecule has 0 radical (unpaired) electrons. The SMILES string of the molecule is c1csc(N[C@H]2CCNC2)n1. The average molecular weight is 169 g/mol. The van der Waals surface area contributed by atoms with Gasteiger partial charge in [-0.25, -0.2) is 4.98 Å². The second-order valence-corrected chi connectivity index (χ2v) is 3.57. The minimum Gasteiger partial charge on any atom is -0.357 e. The molecule has 2 N–H and O–H groups in total. The van der Waals surface area contributed by atoms with Gasteiger partial charge in [0.2, 0.25) is 0 Å². The summed E-state index contributed by atoms with van der Waals surface area (Å²) in [5, 5.41) is 9.70. The van der Waals surface area contributed by atoms with Crippen molar-refractivity contribution in [2.75, 3.05) is 18.4 Å². The zero-order valence-electron chi connectivity index (χ0n) is 6.21. The van der Waals surface area contributed by atoms with Crippen LogP contribution in [-0.4, -0.2) is 24.1 Å². The molecule has 2 heterocycles. The van der Waals surface area contributed by atoms with Crippen molar-refractivity contribution < 1.29 is 0 Å². The highest BCUT2D eigenvalue weighted by atomic mass is 32.1. The molecule has 0 saturated carbocycles. The van der Waals surface area contributed by atoms with Gasteiger partial charge in [-0.2, -0.15) is 0 Å². The molecule has 1 aliphatic rings. The number of rotatable bonds is 2. The van der Waals surface area contributed by atoms with E-state index in [4.69, 9.17) is 0 Å². The van der Waals surface area contributed by atoms with Crippen LogP contribution in [0.15, 0.2) is 11.6 Å². The van der Waals surface area contributed by atoms with E-state index in [1.807, 2.05) is 11.6 Å². The van der Waals surface area contributed by atoms with Crippen molar-refractivity contribution in [3.8, 4) is 0 Å². The predicted molar refractivity (Wildman–Crippen MR) is 47.0 cm³/mol. The molecule has 4 heteroatoms. The van der Waals surface area contributed by atoms with Crippen molar-refractivity contribution in [3.05, 3.63) is 11.6 Å². The van der Waals surface area contributed by atoms with Crippen molar-refractivity contribution in [2.24, 2.45) is 0 Å². The lowest BCUT2D eigenvalue weighted by Gasteiger charge is -2.08. The summed E-state index contributed by atoms with van der Waals surface area (Å²) >= 11 is 1.66. The highest BCUT2D eigenvalue weighted by molar-refractivity contribution is 7.13. The molecule has 1 aromatic rings. The van der Waals surface area contributed by atoms with E-state index in [1.165, 1.54) is 6.42 Å². The Morgan fingerprint density at radius 3 is 3.36 bits per heavy atom. The van der Waals surface area contributed by atoms with Crippen LogP contribution in [0.1, 0.15) is 6.42 Å². The van der Waals surface area contributed by atoms with E-state index in [9.17, 15) is 0 Å². The van der Waals surface area contributed by atoms with Gasteiger partial charge in [0, 0.05) is 24.2 Å². The van der Waals surface area contributed by atoms with Crippen LogP contribution >= 0.6 is 11.3 Å². The van der Waals surface area contributed by atoms with Gasteiger partial charge >= 0.3 is 0 Å². The maximum Gasteiger partial charge on any atom is 0.182 e. The summed E-state index contributed by atoms with van der Waals surface area (Å²) in [7, 11) is 0. The van der Waals surface area contributed by atoms with Crippen LogP contribution in [0, 0.1) is 0 Å². The minimum absolute atomic E-state index is 0.584. The lowest BCUT2D eigenvalue weighted by molar-refractivity contribution is 0.792. The summed E-state index contributed by atoms with van der Waals surface area (Å²) in [4.78, 5) is 4.16. The molecule has 2 rings (SSSR count). The van der Waals surface area contributed by atoms with Crippen molar-refractivity contribution in [2.45, 2.75) is 12.5 Å². The Bertz CT molecular complexity index is 203. The number of hydrogen-bond acceptors (Lipinski definition) is 4. The van der Waals surface area contributed by atoms with Gasteiger partial charge in [0.15, 0.2) is 5.13 Å². The molecule has 0 bridgehead atoms. The highest BCUT2D eigenvalue weighted by Gasteiger charge is 2.13. The van der Waals surface area contributed by atoms with Gasteiger partial charge in [-0.05, 0) is 13.0 Å². The fourth-order valence-electron chi connectivity index (χ4n) is 1.25. The third-order valence-electron chi connectivity index (χ3n) is 1.82. The number of thiazole rings is 1. The first-order chi connectivity index (χ1) is 5.45. The van der Waals surface area contributed by atoms with E-state index < -0.39 is 0 Å². The first kappa shape index (κ1) is 7.06. The van der Waals surface area contributed by atoms with Crippen LogP contribution in [0.5, 0.6) is 0 Å². The zero-order chi connectivity index (χ0) is 7.52. The number of nitrogens with one attached hydrogen (secondary N) is 2. The molecule has 1 saturated heterocycles. The summed E-state index contributed by atoms with van der Waals surface area (Å²) in [6.45, 7) is 2.20. The second-order valence-electron chi connectivity index (χ2n) is 2.67. The fraction of sp³-hybridized carbons (Fsp3) is 0.571. The Morgan fingerprint density at radius 2 is 2.73 bits per heavy atom. The van der Waals surface area contributed by atoms with Gasteiger partial charge in [-0.1, -0.05) is 0 Å². The summed E-state index contributed by atoms with van der Waals surface area (Å²) in [5.74, 6) is 0. The Hall–Kier alpha value is -0.610. The zero-order valence-corrected chi connectivity index (χ0v) is 7.03. The maximum atomic E-state index is 4.16. The van der Waals surface area contributed by atoms with Gasteiger partial charge in [-0.3, -0.25) is 0 Å². The maximum absolute atomic E-state index is 4.16. The van der Waals surface area contributed by atoms with E-state index >= 15 is 0 Å². The Balaban J connectivity index is 1.90. The molecule has 0 spiro atoms. The number of hydrogen-bond donors (Lipinski definition) is 2. The topological polar surface area (TPSA) is 37.0 Å². The molecule has 0 aliphatic carbocycles. The third kappa shape index (κ3) is 1.70. The Kier molecular flexibility index (Phi) is 2.05. The van der Waals surface area contributed by atoms with Crippen LogP contribution in [0.4, 0.5) is 5.13 Å². The van der Waals surface area contributed by atoms with E-state index in [0.717, 1.165) is 18.2 Å². The molecule has 11 heavy (non-hydrogen) atoms. The molecule has 1 aromatic heterocycles. The molecular formula is C7H11N3S. The number of nitrogens with zero attached hydrogens (tertiary/aromatic N) is 1. The fourth-order valence-corrected chi connectivity index (χ4v) is 1.85. The van der Waals surface area contributed by atoms with Crippen LogP contribution in [0.2, 0.25) is 0 Å². The Morgan fingerprint density at radius 1 is 1.73 bits per heavy atom. The largest absolute Gasteiger partial charge is 0.357 e. The predicted octanol–water partition coefficient (Wildman–Crippen LogP) is 0.917. The molecule has 3 nitrogen and oxygen atoms in total.